The van der Waals surface area contributed by atoms with Gasteiger partial charge in [-0.05, 0) is 38.1 Å². The summed E-state index contributed by atoms with van der Waals surface area (Å²) in [5, 5.41) is 0. The quantitative estimate of drug-likeness (QED) is 0.587. The van der Waals surface area contributed by atoms with Crippen molar-refractivity contribution in [1.29, 1.82) is 0 Å². The van der Waals surface area contributed by atoms with Crippen LogP contribution in [0.5, 0.6) is 0 Å². The molecule has 0 spiro atoms. The highest BCUT2D eigenvalue weighted by Crippen LogP contribution is 2.16. The van der Waals surface area contributed by atoms with Gasteiger partial charge in [-0.3, -0.25) is 14.2 Å². The molecule has 7 heteroatoms. The van der Waals surface area contributed by atoms with Crippen LogP contribution in [-0.4, -0.2) is 29.1 Å². The first-order valence-electron chi connectivity index (χ1n) is 9.15. The summed E-state index contributed by atoms with van der Waals surface area (Å²) in [5.74, 6) is -1.38. The molecule has 0 N–H and O–H groups in total. The van der Waals surface area contributed by atoms with Crippen LogP contribution in [0.3, 0.4) is 0 Å². The number of carbonyl (C=O) groups excluding carboxylic acids is 2. The molecule has 28 heavy (non-hydrogen) atoms. The van der Waals surface area contributed by atoms with Gasteiger partial charge < -0.3 is 14.1 Å². The Balaban J connectivity index is 1.61. The number of benzene rings is 2. The van der Waals surface area contributed by atoms with E-state index in [4.69, 9.17) is 9.15 Å². The summed E-state index contributed by atoms with van der Waals surface area (Å²) < 4.78 is 11.8. The first-order valence-corrected chi connectivity index (χ1v) is 9.15. The number of rotatable bonds is 7. The Bertz CT molecular complexity index is 1020. The SMILES string of the molecule is CCN(C(=O)[C@@H](C)OC(=O)CCn1c(=O)oc2ccccc21)c1ccccc1. The van der Waals surface area contributed by atoms with Crippen LogP contribution in [0.25, 0.3) is 11.1 Å². The number of hydrogen-bond donors (Lipinski definition) is 0. The zero-order valence-corrected chi connectivity index (χ0v) is 15.8. The van der Waals surface area contributed by atoms with E-state index in [9.17, 15) is 14.4 Å². The third kappa shape index (κ3) is 4.14. The van der Waals surface area contributed by atoms with Gasteiger partial charge in [0.15, 0.2) is 11.7 Å². The lowest BCUT2D eigenvalue weighted by Crippen LogP contribution is -2.40. The number of anilines is 1. The van der Waals surface area contributed by atoms with E-state index in [1.54, 1.807) is 36.1 Å². The Morgan fingerprint density at radius 2 is 1.79 bits per heavy atom. The van der Waals surface area contributed by atoms with Crippen LogP contribution in [0.15, 0.2) is 63.8 Å². The maximum Gasteiger partial charge on any atom is 0.419 e. The van der Waals surface area contributed by atoms with Crippen molar-refractivity contribution in [2.45, 2.75) is 32.9 Å². The minimum Gasteiger partial charge on any atom is -0.452 e. The minimum absolute atomic E-state index is 0.0431. The molecule has 1 atom stereocenters. The largest absolute Gasteiger partial charge is 0.452 e. The monoisotopic (exact) mass is 382 g/mol. The Morgan fingerprint density at radius 3 is 2.50 bits per heavy atom. The summed E-state index contributed by atoms with van der Waals surface area (Å²) in [6.45, 7) is 3.98. The molecule has 0 aliphatic carbocycles. The van der Waals surface area contributed by atoms with E-state index < -0.39 is 17.8 Å². The fourth-order valence-corrected chi connectivity index (χ4v) is 3.03. The van der Waals surface area contributed by atoms with Gasteiger partial charge >= 0.3 is 11.7 Å². The maximum atomic E-state index is 12.7. The number of oxazole rings is 1. The van der Waals surface area contributed by atoms with E-state index in [1.807, 2.05) is 37.3 Å². The predicted molar refractivity (Wildman–Crippen MR) is 105 cm³/mol. The molecule has 0 saturated heterocycles. The second kappa shape index (κ2) is 8.56. The molecule has 0 aliphatic heterocycles. The van der Waals surface area contributed by atoms with E-state index in [-0.39, 0.29) is 18.9 Å². The topological polar surface area (TPSA) is 81.8 Å². The van der Waals surface area contributed by atoms with E-state index in [0.717, 1.165) is 5.69 Å². The van der Waals surface area contributed by atoms with E-state index in [1.165, 1.54) is 4.57 Å². The number of fused-ring (bicyclic) bond motifs is 1. The highest BCUT2D eigenvalue weighted by molar-refractivity contribution is 5.97. The average molecular weight is 382 g/mol. The molecule has 1 aromatic heterocycles. The Hall–Kier alpha value is -3.35. The van der Waals surface area contributed by atoms with Gasteiger partial charge in [-0.1, -0.05) is 30.3 Å². The number of ether oxygens (including phenoxy) is 1. The fourth-order valence-electron chi connectivity index (χ4n) is 3.03. The van der Waals surface area contributed by atoms with Gasteiger partial charge in [0.2, 0.25) is 0 Å². The average Bonchev–Trinajstić information content (AvgIpc) is 3.02. The third-order valence-electron chi connectivity index (χ3n) is 4.42. The second-order valence-electron chi connectivity index (χ2n) is 6.29. The van der Waals surface area contributed by atoms with Gasteiger partial charge in [-0.25, -0.2) is 4.79 Å². The molecule has 1 heterocycles. The molecule has 2 aromatic carbocycles. The predicted octanol–water partition coefficient (Wildman–Crippen LogP) is 2.97. The molecule has 1 amide bonds. The minimum atomic E-state index is -0.925. The molecule has 146 valence electrons. The first kappa shape index (κ1) is 19.4. The van der Waals surface area contributed by atoms with Gasteiger partial charge in [-0.2, -0.15) is 0 Å². The van der Waals surface area contributed by atoms with Crippen LogP contribution in [0.1, 0.15) is 20.3 Å². The van der Waals surface area contributed by atoms with Crippen molar-refractivity contribution in [2.75, 3.05) is 11.4 Å². The van der Waals surface area contributed by atoms with Gasteiger partial charge in [0.25, 0.3) is 5.91 Å². The molecule has 3 aromatic rings. The van der Waals surface area contributed by atoms with Gasteiger partial charge in [-0.15, -0.1) is 0 Å². The molecule has 7 nitrogen and oxygen atoms in total. The summed E-state index contributed by atoms with van der Waals surface area (Å²) in [6, 6.07) is 16.2. The number of amides is 1. The summed E-state index contributed by atoms with van der Waals surface area (Å²) in [6.07, 6.45) is -0.969. The number of hydrogen-bond acceptors (Lipinski definition) is 5. The number of likely N-dealkylation sites (N-methyl/N-ethyl adjacent to an activating group) is 1. The standard InChI is InChI=1S/C21H22N2O5/c1-3-22(16-9-5-4-6-10-16)20(25)15(2)27-19(24)13-14-23-17-11-7-8-12-18(17)28-21(23)26/h4-12,15H,3,13-14H2,1-2H3/t15-/m1/s1. The molecule has 0 saturated carbocycles. The number of para-hydroxylation sites is 3. The number of esters is 1. The van der Waals surface area contributed by atoms with Crippen molar-refractivity contribution >= 4 is 28.7 Å². The smallest absolute Gasteiger partial charge is 0.419 e. The molecule has 0 fully saturated rings. The van der Waals surface area contributed by atoms with Crippen molar-refractivity contribution in [3.05, 3.63) is 65.1 Å². The van der Waals surface area contributed by atoms with Crippen LogP contribution < -0.4 is 10.7 Å². The molecule has 3 rings (SSSR count). The number of nitrogens with zero attached hydrogens (tertiary/aromatic N) is 2. The summed E-state index contributed by atoms with van der Waals surface area (Å²) in [5.41, 5.74) is 1.82. The van der Waals surface area contributed by atoms with Crippen LogP contribution in [-0.2, 0) is 20.9 Å². The van der Waals surface area contributed by atoms with Gasteiger partial charge in [0.05, 0.1) is 11.9 Å². The van der Waals surface area contributed by atoms with Crippen molar-refractivity contribution in [2.24, 2.45) is 0 Å². The van der Waals surface area contributed by atoms with Crippen molar-refractivity contribution < 1.29 is 18.7 Å². The normalized spacial score (nSPS) is 11.9. The number of aryl methyl sites for hydroxylation is 1. The molecular weight excluding hydrogens is 360 g/mol. The highest BCUT2D eigenvalue weighted by Gasteiger charge is 2.24. The van der Waals surface area contributed by atoms with Gasteiger partial charge in [0.1, 0.15) is 0 Å². The molecule has 0 bridgehead atoms. The van der Waals surface area contributed by atoms with Crippen molar-refractivity contribution in [3.63, 3.8) is 0 Å². The first-order chi connectivity index (χ1) is 13.5. The van der Waals surface area contributed by atoms with E-state index in [0.29, 0.717) is 17.6 Å². The molecule has 0 unspecified atom stereocenters. The van der Waals surface area contributed by atoms with Crippen LogP contribution >= 0.6 is 0 Å². The molecular formula is C21H22N2O5. The lowest BCUT2D eigenvalue weighted by Gasteiger charge is -2.24. The van der Waals surface area contributed by atoms with Crippen molar-refractivity contribution in [3.8, 4) is 0 Å². The highest BCUT2D eigenvalue weighted by atomic mass is 16.5. The maximum absolute atomic E-state index is 12.7. The van der Waals surface area contributed by atoms with Crippen molar-refractivity contribution in [1.82, 2.24) is 4.57 Å². The lowest BCUT2D eigenvalue weighted by molar-refractivity contribution is -0.154. The van der Waals surface area contributed by atoms with Crippen LogP contribution in [0.4, 0.5) is 5.69 Å². The molecule has 0 aliphatic rings. The second-order valence-corrected chi connectivity index (χ2v) is 6.29. The zero-order chi connectivity index (χ0) is 20.1. The fraction of sp³-hybridized carbons (Fsp3) is 0.286. The Kier molecular flexibility index (Phi) is 5.93. The van der Waals surface area contributed by atoms with E-state index >= 15 is 0 Å². The Labute approximate surface area is 162 Å². The summed E-state index contributed by atoms with van der Waals surface area (Å²) >= 11 is 0. The van der Waals surface area contributed by atoms with Crippen LogP contribution in [0, 0.1) is 0 Å². The number of aromatic nitrogens is 1. The third-order valence-corrected chi connectivity index (χ3v) is 4.42. The summed E-state index contributed by atoms with van der Waals surface area (Å²) in [7, 11) is 0. The lowest BCUT2D eigenvalue weighted by atomic mass is 10.2. The summed E-state index contributed by atoms with van der Waals surface area (Å²) in [4.78, 5) is 38.4. The van der Waals surface area contributed by atoms with E-state index in [2.05, 4.69) is 0 Å². The number of carbonyl (C=O) groups is 2. The van der Waals surface area contributed by atoms with Crippen LogP contribution in [0.2, 0.25) is 0 Å². The molecule has 0 radical (unpaired) electrons. The zero-order valence-electron chi connectivity index (χ0n) is 15.8. The Morgan fingerprint density at radius 1 is 1.11 bits per heavy atom. The van der Waals surface area contributed by atoms with Gasteiger partial charge in [0, 0.05) is 18.8 Å².